The Morgan fingerprint density at radius 2 is 2.21 bits per heavy atom. The number of amides is 1. The average Bonchev–Trinajstić information content (AvgIpc) is 3.36. The van der Waals surface area contributed by atoms with E-state index in [1.165, 1.54) is 11.3 Å². The summed E-state index contributed by atoms with van der Waals surface area (Å²) in [6, 6.07) is 1.73. The number of likely N-dealkylation sites (tertiary alicyclic amines) is 1. The fourth-order valence-corrected chi connectivity index (χ4v) is 5.82. The van der Waals surface area contributed by atoms with Gasteiger partial charge in [0.05, 0.1) is 35.9 Å². The van der Waals surface area contributed by atoms with Crippen LogP contribution in [0.4, 0.5) is 5.69 Å². The number of pyridine rings is 2. The summed E-state index contributed by atoms with van der Waals surface area (Å²) in [7, 11) is 1.61. The molecule has 0 unspecified atom stereocenters. The van der Waals surface area contributed by atoms with Crippen molar-refractivity contribution in [2.75, 3.05) is 32.1 Å². The molecular weight excluding hydrogens is 454 g/mol. The average molecular weight is 478 g/mol. The summed E-state index contributed by atoms with van der Waals surface area (Å²) in [5.41, 5.74) is 2.96. The molecule has 1 fully saturated rings. The summed E-state index contributed by atoms with van der Waals surface area (Å²) in [5.74, 6) is 1.14. The van der Waals surface area contributed by atoms with E-state index in [1.54, 1.807) is 23.9 Å². The second-order valence-electron chi connectivity index (χ2n) is 8.83. The van der Waals surface area contributed by atoms with Crippen molar-refractivity contribution < 1.29 is 9.53 Å². The van der Waals surface area contributed by atoms with E-state index in [-0.39, 0.29) is 11.5 Å². The van der Waals surface area contributed by atoms with E-state index in [2.05, 4.69) is 37.2 Å². The highest BCUT2D eigenvalue weighted by atomic mass is 32.1. The van der Waals surface area contributed by atoms with Gasteiger partial charge in [0, 0.05) is 31.1 Å². The number of ether oxygens (including phenoxy) is 1. The van der Waals surface area contributed by atoms with Crippen molar-refractivity contribution >= 4 is 61.5 Å². The molecule has 1 amide bonds. The summed E-state index contributed by atoms with van der Waals surface area (Å²) in [4.78, 5) is 41.0. The minimum Gasteiger partial charge on any atom is -0.481 e. The van der Waals surface area contributed by atoms with Crippen molar-refractivity contribution in [3.63, 3.8) is 0 Å². The Kier molecular flexibility index (Phi) is 4.96. The van der Waals surface area contributed by atoms with Crippen molar-refractivity contribution in [3.05, 3.63) is 39.6 Å². The highest BCUT2D eigenvalue weighted by molar-refractivity contribution is 7.19. The number of anilines is 1. The summed E-state index contributed by atoms with van der Waals surface area (Å²) < 4.78 is 7.15. The number of nitrogens with zero attached hydrogens (tertiary/aromatic N) is 5. The van der Waals surface area contributed by atoms with Crippen molar-refractivity contribution in [2.24, 2.45) is 10.9 Å². The zero-order chi connectivity index (χ0) is 23.4. The van der Waals surface area contributed by atoms with Crippen LogP contribution in [0.3, 0.4) is 0 Å². The van der Waals surface area contributed by atoms with Crippen molar-refractivity contribution in [1.82, 2.24) is 24.5 Å². The van der Waals surface area contributed by atoms with Gasteiger partial charge < -0.3 is 15.0 Å². The van der Waals surface area contributed by atoms with Crippen LogP contribution in [-0.4, -0.2) is 63.3 Å². The smallest absolute Gasteiger partial charge is 0.261 e. The number of carbonyl (C=O) groups is 1. The molecule has 11 heteroatoms. The molecule has 2 aliphatic heterocycles. The molecule has 2 aliphatic rings. The predicted octanol–water partition coefficient (Wildman–Crippen LogP) is 2.86. The third kappa shape index (κ3) is 3.48. The van der Waals surface area contributed by atoms with E-state index in [0.29, 0.717) is 46.0 Å². The lowest BCUT2D eigenvalue weighted by atomic mass is 10.0. The quantitative estimate of drug-likeness (QED) is 0.457. The zero-order valence-corrected chi connectivity index (χ0v) is 19.6. The van der Waals surface area contributed by atoms with Crippen LogP contribution in [0.5, 0.6) is 0 Å². The first kappa shape index (κ1) is 21.0. The van der Waals surface area contributed by atoms with Gasteiger partial charge in [0.15, 0.2) is 0 Å². The largest absolute Gasteiger partial charge is 0.481 e. The number of nitrogens with one attached hydrogen (secondary N) is 2. The van der Waals surface area contributed by atoms with Gasteiger partial charge in [0.25, 0.3) is 5.56 Å². The van der Waals surface area contributed by atoms with Gasteiger partial charge in [-0.15, -0.1) is 11.3 Å². The number of thiazole rings is 1. The second kappa shape index (κ2) is 8.03. The molecule has 174 valence electrons. The molecule has 0 atom stereocenters. The minimum absolute atomic E-state index is 0.0942. The summed E-state index contributed by atoms with van der Waals surface area (Å²) in [6.07, 6.45) is 7.02. The Bertz CT molecular complexity index is 1570. The Labute approximate surface area is 198 Å². The predicted molar refractivity (Wildman–Crippen MR) is 132 cm³/mol. The lowest BCUT2D eigenvalue weighted by Gasteiger charge is -2.36. The lowest BCUT2D eigenvalue weighted by molar-refractivity contribution is -0.118. The topological polar surface area (TPSA) is 117 Å². The number of fused-ring (bicyclic) bond motifs is 5. The standard InChI is InChI=1S/C23H23N7O3S/c1-12-8-29(9-12)11-17(31)26-13-6-15-19(25-7-13)20-18(21(32)27-15)23-30(28-20)10-16(34-23)14-4-3-5-24-22(14)33-2/h5-7,10,12H,3-4,8-9,11H2,1-2H3,(H,26,31)(H,27,32). The molecule has 10 nitrogen and oxygen atoms in total. The number of H-pyrrole nitrogens is 1. The molecule has 0 aliphatic carbocycles. The van der Waals surface area contributed by atoms with Gasteiger partial charge in [-0.1, -0.05) is 6.92 Å². The van der Waals surface area contributed by atoms with E-state index >= 15 is 0 Å². The maximum absolute atomic E-state index is 13.0. The number of hydrogen-bond acceptors (Lipinski definition) is 8. The highest BCUT2D eigenvalue weighted by Crippen LogP contribution is 2.35. The number of methoxy groups -OCH3 is 1. The van der Waals surface area contributed by atoms with E-state index in [1.807, 2.05) is 12.4 Å². The number of rotatable bonds is 5. The molecule has 0 saturated carbocycles. The fourth-order valence-electron chi connectivity index (χ4n) is 4.66. The van der Waals surface area contributed by atoms with Crippen LogP contribution in [0.1, 0.15) is 24.6 Å². The Morgan fingerprint density at radius 3 is 3.00 bits per heavy atom. The molecule has 6 heterocycles. The molecule has 4 aromatic rings. The normalized spacial score (nSPS) is 17.1. The number of allylic oxidation sites excluding steroid dienone is 1. The third-order valence-corrected chi connectivity index (χ3v) is 7.33. The first-order chi connectivity index (χ1) is 16.5. The van der Waals surface area contributed by atoms with Crippen LogP contribution >= 0.6 is 11.3 Å². The molecule has 0 bridgehead atoms. The van der Waals surface area contributed by atoms with Crippen molar-refractivity contribution in [2.45, 2.75) is 19.8 Å². The number of hydrogen-bond donors (Lipinski definition) is 2. The van der Waals surface area contributed by atoms with Crippen molar-refractivity contribution in [3.8, 4) is 0 Å². The van der Waals surface area contributed by atoms with Gasteiger partial charge in [0.2, 0.25) is 11.8 Å². The first-order valence-electron chi connectivity index (χ1n) is 11.2. The molecule has 0 spiro atoms. The molecule has 1 saturated heterocycles. The van der Waals surface area contributed by atoms with E-state index in [9.17, 15) is 9.59 Å². The maximum Gasteiger partial charge on any atom is 0.261 e. The van der Waals surface area contributed by atoms with Crippen LogP contribution in [0, 0.1) is 5.92 Å². The van der Waals surface area contributed by atoms with E-state index < -0.39 is 0 Å². The number of aromatic nitrogens is 4. The third-order valence-electron chi connectivity index (χ3n) is 6.17. The fraction of sp³-hybridized carbons (Fsp3) is 0.348. The molecule has 34 heavy (non-hydrogen) atoms. The SMILES string of the molecule is COC1=C(c2cn3nc4c5ncc(NC(=O)CN6CC(C)C6)cc5[nH]c(=O)c4c3s2)CCC=N1. The highest BCUT2D eigenvalue weighted by Gasteiger charge is 2.24. The number of carbonyl (C=O) groups excluding carboxylic acids is 1. The number of aliphatic imine (C=N–C) groups is 1. The van der Waals surface area contributed by atoms with Gasteiger partial charge in [0.1, 0.15) is 21.3 Å². The van der Waals surface area contributed by atoms with Crippen LogP contribution in [0.25, 0.3) is 32.3 Å². The van der Waals surface area contributed by atoms with Crippen LogP contribution in [0.15, 0.2) is 34.1 Å². The second-order valence-corrected chi connectivity index (χ2v) is 9.86. The van der Waals surface area contributed by atoms with Gasteiger partial charge in [-0.25, -0.2) is 9.51 Å². The summed E-state index contributed by atoms with van der Waals surface area (Å²) in [6.45, 7) is 4.39. The van der Waals surface area contributed by atoms with Gasteiger partial charge in [-0.3, -0.25) is 19.5 Å². The van der Waals surface area contributed by atoms with Crippen molar-refractivity contribution in [1.29, 1.82) is 0 Å². The van der Waals surface area contributed by atoms with Gasteiger partial charge in [-0.2, -0.15) is 5.10 Å². The summed E-state index contributed by atoms with van der Waals surface area (Å²) in [5, 5.41) is 8.05. The van der Waals surface area contributed by atoms with Gasteiger partial charge in [-0.05, 0) is 24.8 Å². The number of aromatic amines is 1. The van der Waals surface area contributed by atoms with Crippen LogP contribution < -0.4 is 10.9 Å². The van der Waals surface area contributed by atoms with Crippen LogP contribution in [-0.2, 0) is 9.53 Å². The van der Waals surface area contributed by atoms with Crippen LogP contribution in [0.2, 0.25) is 0 Å². The zero-order valence-electron chi connectivity index (χ0n) is 18.8. The molecular formula is C23H23N7O3S. The molecule has 0 aromatic carbocycles. The molecule has 2 N–H and O–H groups in total. The van der Waals surface area contributed by atoms with Gasteiger partial charge >= 0.3 is 0 Å². The molecule has 6 rings (SSSR count). The molecule has 4 aromatic heterocycles. The Hall–Kier alpha value is -3.57. The molecule has 0 radical (unpaired) electrons. The first-order valence-corrected chi connectivity index (χ1v) is 12.0. The van der Waals surface area contributed by atoms with E-state index in [4.69, 9.17) is 4.74 Å². The van der Waals surface area contributed by atoms with E-state index in [0.717, 1.165) is 41.2 Å². The Balaban J connectivity index is 1.36. The monoisotopic (exact) mass is 477 g/mol. The summed E-state index contributed by atoms with van der Waals surface area (Å²) >= 11 is 1.49. The lowest BCUT2D eigenvalue weighted by Crippen LogP contribution is -2.48. The Morgan fingerprint density at radius 1 is 1.35 bits per heavy atom. The maximum atomic E-state index is 13.0. The minimum atomic E-state index is -0.242.